The van der Waals surface area contributed by atoms with Crippen LogP contribution < -0.4 is 15.1 Å². The predicted octanol–water partition coefficient (Wildman–Crippen LogP) is 0.610. The van der Waals surface area contributed by atoms with Crippen LogP contribution in [0, 0.1) is 5.92 Å². The number of carbonyl (C=O) groups is 3. The first-order valence-electron chi connectivity index (χ1n) is 9.77. The summed E-state index contributed by atoms with van der Waals surface area (Å²) in [4.78, 5) is 39.0. The number of anilines is 2. The van der Waals surface area contributed by atoms with E-state index in [0.717, 1.165) is 42.9 Å². The number of nitrogens with zero attached hydrogens (tertiary/aromatic N) is 1. The number of esters is 1. The van der Waals surface area contributed by atoms with E-state index in [4.69, 9.17) is 4.74 Å². The summed E-state index contributed by atoms with van der Waals surface area (Å²) in [6.45, 7) is 4.82. The monoisotopic (exact) mass is 374 g/mol. The fourth-order valence-corrected chi connectivity index (χ4v) is 3.85. The quantitative estimate of drug-likeness (QED) is 0.715. The van der Waals surface area contributed by atoms with Gasteiger partial charge in [0.2, 0.25) is 5.91 Å². The van der Waals surface area contributed by atoms with Crippen molar-refractivity contribution in [3.05, 3.63) is 24.3 Å². The molecule has 2 N–H and O–H groups in total. The molecule has 1 aromatic carbocycles. The van der Waals surface area contributed by atoms with Crippen LogP contribution in [0.15, 0.2) is 24.3 Å². The van der Waals surface area contributed by atoms with Crippen LogP contribution in [-0.4, -0.2) is 50.6 Å². The van der Waals surface area contributed by atoms with Crippen molar-refractivity contribution in [3.8, 4) is 0 Å². The molecule has 1 unspecified atom stereocenters. The Morgan fingerprint density at radius 3 is 2.70 bits per heavy atom. The Labute approximate surface area is 159 Å². The van der Waals surface area contributed by atoms with E-state index < -0.39 is 0 Å². The van der Waals surface area contributed by atoms with Crippen molar-refractivity contribution >= 4 is 29.2 Å². The number of rotatable bonds is 6. The molecule has 2 atom stereocenters. The van der Waals surface area contributed by atoms with Gasteiger partial charge in [0.15, 0.2) is 6.54 Å². The molecule has 0 aliphatic carbocycles. The fraction of sp³-hybridized carbons (Fsp3) is 0.550. The average molecular weight is 374 g/mol. The van der Waals surface area contributed by atoms with Crippen LogP contribution in [0.1, 0.15) is 32.6 Å². The molecule has 146 valence electrons. The molecule has 3 rings (SSSR count). The predicted molar refractivity (Wildman–Crippen MR) is 102 cm³/mol. The van der Waals surface area contributed by atoms with Crippen molar-refractivity contribution in [2.75, 3.05) is 43.0 Å². The lowest BCUT2D eigenvalue weighted by molar-refractivity contribution is -0.899. The van der Waals surface area contributed by atoms with Gasteiger partial charge in [-0.3, -0.25) is 14.4 Å². The number of nitrogens with one attached hydrogen (secondary N) is 2. The second-order valence-corrected chi connectivity index (χ2v) is 7.22. The lowest BCUT2D eigenvalue weighted by Gasteiger charge is -2.28. The zero-order chi connectivity index (χ0) is 19.2. The van der Waals surface area contributed by atoms with Gasteiger partial charge >= 0.3 is 5.97 Å². The third-order valence-corrected chi connectivity index (χ3v) is 5.18. The van der Waals surface area contributed by atoms with Gasteiger partial charge in [0.05, 0.1) is 19.7 Å². The molecule has 2 amide bonds. The van der Waals surface area contributed by atoms with Crippen molar-refractivity contribution in [2.24, 2.45) is 5.92 Å². The second-order valence-electron chi connectivity index (χ2n) is 7.22. The first-order valence-corrected chi connectivity index (χ1v) is 9.77. The molecule has 2 saturated heterocycles. The normalized spacial score (nSPS) is 22.6. The van der Waals surface area contributed by atoms with E-state index in [-0.39, 0.29) is 23.7 Å². The molecule has 7 heteroatoms. The Kier molecular flexibility index (Phi) is 6.45. The van der Waals surface area contributed by atoms with Crippen molar-refractivity contribution in [1.29, 1.82) is 0 Å². The highest BCUT2D eigenvalue weighted by Gasteiger charge is 2.30. The number of likely N-dealkylation sites (tertiary alicyclic amines) is 1. The van der Waals surface area contributed by atoms with Crippen molar-refractivity contribution in [3.63, 3.8) is 0 Å². The minimum absolute atomic E-state index is 0.0699. The molecular weight excluding hydrogens is 346 g/mol. The maximum absolute atomic E-state index is 12.4. The molecule has 2 aliphatic heterocycles. The lowest BCUT2D eigenvalue weighted by Crippen LogP contribution is -3.14. The number of benzene rings is 1. The summed E-state index contributed by atoms with van der Waals surface area (Å²) in [6.07, 6.45) is 3.25. The van der Waals surface area contributed by atoms with Gasteiger partial charge in [0.25, 0.3) is 5.91 Å². The van der Waals surface area contributed by atoms with Crippen LogP contribution in [0.25, 0.3) is 0 Å². The molecule has 7 nitrogen and oxygen atoms in total. The maximum Gasteiger partial charge on any atom is 0.314 e. The first kappa shape index (κ1) is 19.4. The summed E-state index contributed by atoms with van der Waals surface area (Å²) in [6, 6.07) is 7.38. The van der Waals surface area contributed by atoms with Gasteiger partial charge in [0.1, 0.15) is 5.92 Å². The highest BCUT2D eigenvalue weighted by molar-refractivity contribution is 5.96. The SMILES string of the molecule is CCOC(=O)[C@H]1CCC[NH+](CC(=O)Nc2ccc(N3CCCC3=O)cc2)C1. The zero-order valence-electron chi connectivity index (χ0n) is 15.8. The molecule has 0 aromatic heterocycles. The van der Waals surface area contributed by atoms with Crippen LogP contribution in [0.2, 0.25) is 0 Å². The van der Waals surface area contributed by atoms with Gasteiger partial charge < -0.3 is 19.9 Å². The Hall–Kier alpha value is -2.41. The maximum atomic E-state index is 12.4. The molecule has 2 fully saturated rings. The van der Waals surface area contributed by atoms with Crippen LogP contribution in [0.3, 0.4) is 0 Å². The molecule has 0 bridgehead atoms. The molecule has 1 aromatic rings. The lowest BCUT2D eigenvalue weighted by atomic mass is 9.98. The summed E-state index contributed by atoms with van der Waals surface area (Å²) in [5.41, 5.74) is 1.59. The molecule has 2 heterocycles. The highest BCUT2D eigenvalue weighted by Crippen LogP contribution is 2.22. The van der Waals surface area contributed by atoms with Gasteiger partial charge in [-0.2, -0.15) is 0 Å². The Morgan fingerprint density at radius 2 is 2.04 bits per heavy atom. The Bertz CT molecular complexity index is 689. The highest BCUT2D eigenvalue weighted by atomic mass is 16.5. The smallest absolute Gasteiger partial charge is 0.314 e. The summed E-state index contributed by atoms with van der Waals surface area (Å²) in [5, 5.41) is 2.91. The molecule has 27 heavy (non-hydrogen) atoms. The molecular formula is C20H28N3O4+. The standard InChI is InChI=1S/C20H27N3O4/c1-2-27-20(26)15-5-3-11-22(13-15)14-18(24)21-16-7-9-17(10-8-16)23-12-4-6-19(23)25/h7-10,15H,2-6,11-14H2,1H3,(H,21,24)/p+1/t15-/m0/s1. The molecule has 0 radical (unpaired) electrons. The van der Waals surface area contributed by atoms with E-state index in [1.165, 1.54) is 0 Å². The molecule has 2 aliphatic rings. The van der Waals surface area contributed by atoms with Crippen molar-refractivity contribution in [2.45, 2.75) is 32.6 Å². The van der Waals surface area contributed by atoms with E-state index in [9.17, 15) is 14.4 Å². The number of hydrogen-bond donors (Lipinski definition) is 2. The number of carbonyl (C=O) groups excluding carboxylic acids is 3. The number of quaternary nitrogens is 1. The van der Waals surface area contributed by atoms with Gasteiger partial charge in [-0.15, -0.1) is 0 Å². The Balaban J connectivity index is 1.50. The minimum atomic E-state index is -0.151. The Morgan fingerprint density at radius 1 is 1.26 bits per heavy atom. The number of piperidine rings is 1. The molecule has 0 spiro atoms. The van der Waals surface area contributed by atoms with Crippen LogP contribution in [-0.2, 0) is 19.1 Å². The minimum Gasteiger partial charge on any atom is -0.466 e. The first-order chi connectivity index (χ1) is 13.1. The van der Waals surface area contributed by atoms with Gasteiger partial charge in [-0.05, 0) is 50.5 Å². The second kappa shape index (κ2) is 8.99. The van der Waals surface area contributed by atoms with Crippen molar-refractivity contribution in [1.82, 2.24) is 0 Å². The summed E-state index contributed by atoms with van der Waals surface area (Å²) in [7, 11) is 0. The van der Waals surface area contributed by atoms with E-state index in [1.807, 2.05) is 31.2 Å². The average Bonchev–Trinajstić information content (AvgIpc) is 3.08. The third kappa shape index (κ3) is 5.07. The van der Waals surface area contributed by atoms with Gasteiger partial charge in [-0.1, -0.05) is 0 Å². The topological polar surface area (TPSA) is 80.2 Å². The number of amides is 2. The largest absolute Gasteiger partial charge is 0.466 e. The fourth-order valence-electron chi connectivity index (χ4n) is 3.85. The summed E-state index contributed by atoms with van der Waals surface area (Å²) >= 11 is 0. The summed E-state index contributed by atoms with van der Waals surface area (Å²) < 4.78 is 5.11. The van der Waals surface area contributed by atoms with Gasteiger partial charge in [-0.25, -0.2) is 0 Å². The van der Waals surface area contributed by atoms with Crippen molar-refractivity contribution < 1.29 is 24.0 Å². The van der Waals surface area contributed by atoms with Crippen LogP contribution >= 0.6 is 0 Å². The van der Waals surface area contributed by atoms with E-state index in [1.54, 1.807) is 4.90 Å². The zero-order valence-corrected chi connectivity index (χ0v) is 15.8. The van der Waals surface area contributed by atoms with Crippen LogP contribution in [0.4, 0.5) is 11.4 Å². The van der Waals surface area contributed by atoms with E-state index in [0.29, 0.717) is 31.8 Å². The van der Waals surface area contributed by atoms with E-state index >= 15 is 0 Å². The third-order valence-electron chi connectivity index (χ3n) is 5.18. The molecule has 0 saturated carbocycles. The van der Waals surface area contributed by atoms with Gasteiger partial charge in [0, 0.05) is 24.3 Å². The number of ether oxygens (including phenoxy) is 1. The number of hydrogen-bond acceptors (Lipinski definition) is 4. The van der Waals surface area contributed by atoms with Crippen LogP contribution in [0.5, 0.6) is 0 Å². The van der Waals surface area contributed by atoms with E-state index in [2.05, 4.69) is 5.32 Å². The summed E-state index contributed by atoms with van der Waals surface area (Å²) in [5.74, 6) is -0.183.